The van der Waals surface area contributed by atoms with Crippen molar-refractivity contribution in [2.24, 2.45) is 0 Å². The van der Waals surface area contributed by atoms with E-state index in [4.69, 9.17) is 0 Å². The fourth-order valence-electron chi connectivity index (χ4n) is 0.811. The fraction of sp³-hybridized carbons (Fsp3) is 0.167. The molecule has 65 valence electrons. The van der Waals surface area contributed by atoms with Gasteiger partial charge >= 0.3 is 18.6 Å². The molecule has 0 N–H and O–H groups in total. The minimum Gasteiger partial charge on any atom is -0.273 e. The van der Waals surface area contributed by atoms with Gasteiger partial charge in [0.15, 0.2) is 0 Å². The third kappa shape index (κ3) is 7.64. The normalized spacial score (nSPS) is 16.0. The van der Waals surface area contributed by atoms with Crippen LogP contribution in [0, 0.1) is 12.2 Å². The van der Waals surface area contributed by atoms with Crippen LogP contribution in [0.3, 0.4) is 0 Å². The summed E-state index contributed by atoms with van der Waals surface area (Å²) in [5.41, 5.74) is 0. The van der Waals surface area contributed by atoms with Gasteiger partial charge in [0.05, 0.1) is 0 Å². The Morgan fingerprint density at radius 1 is 0.692 bits per heavy atom. The van der Waals surface area contributed by atoms with E-state index in [1.54, 1.807) is 0 Å². The predicted molar refractivity (Wildman–Crippen MR) is 52.3 cm³/mol. The van der Waals surface area contributed by atoms with Gasteiger partial charge in [-0.25, -0.2) is 24.3 Å². The molecule has 0 atom stereocenters. The molecule has 0 aliphatic heterocycles. The molecule has 0 aromatic rings. The van der Waals surface area contributed by atoms with Gasteiger partial charge in [-0.15, -0.1) is 12.5 Å². The summed E-state index contributed by atoms with van der Waals surface area (Å²) in [4.78, 5) is 0. The Bertz CT molecular complexity index is 218. The molecule has 0 saturated heterocycles. The second kappa shape index (κ2) is 9.37. The fourth-order valence-corrected chi connectivity index (χ4v) is 0.811. The minimum atomic E-state index is 0. The molecular weight excluding hydrogens is 195 g/mol. The third-order valence-electron chi connectivity index (χ3n) is 1.39. The first-order valence-corrected chi connectivity index (χ1v) is 4.10. The van der Waals surface area contributed by atoms with E-state index in [1.165, 1.54) is 0 Å². The summed E-state index contributed by atoms with van der Waals surface area (Å²) in [7, 11) is 0. The SMILES string of the molecule is [C-]1=CC=CC1.[C-]1=CC=CC=CC1.[V+2]. The zero-order valence-corrected chi connectivity index (χ0v) is 8.88. The van der Waals surface area contributed by atoms with Gasteiger partial charge in [0.2, 0.25) is 0 Å². The van der Waals surface area contributed by atoms with E-state index in [0.717, 1.165) is 12.8 Å². The van der Waals surface area contributed by atoms with Crippen LogP contribution in [0.2, 0.25) is 0 Å². The van der Waals surface area contributed by atoms with Crippen LogP contribution in [0.15, 0.2) is 48.6 Å². The topological polar surface area (TPSA) is 0 Å². The van der Waals surface area contributed by atoms with Crippen LogP contribution in [0.1, 0.15) is 12.8 Å². The van der Waals surface area contributed by atoms with Gasteiger partial charge in [-0.05, 0) is 0 Å². The molecule has 0 fully saturated rings. The van der Waals surface area contributed by atoms with Gasteiger partial charge in [-0.2, -0.15) is 6.08 Å². The molecule has 0 heterocycles. The Labute approximate surface area is 92.3 Å². The predicted octanol–water partition coefficient (Wildman–Crippen LogP) is 3.17. The van der Waals surface area contributed by atoms with Gasteiger partial charge in [-0.1, -0.05) is 18.6 Å². The maximum atomic E-state index is 3.05. The molecule has 0 aromatic carbocycles. The molecule has 0 spiro atoms. The molecule has 0 nitrogen and oxygen atoms in total. The maximum Gasteiger partial charge on any atom is 2.00 e. The summed E-state index contributed by atoms with van der Waals surface area (Å²) >= 11 is 0. The van der Waals surface area contributed by atoms with E-state index < -0.39 is 0 Å². The molecule has 13 heavy (non-hydrogen) atoms. The summed E-state index contributed by atoms with van der Waals surface area (Å²) in [6, 6.07) is 0. The Hall–Kier alpha value is -0.716. The van der Waals surface area contributed by atoms with E-state index in [0.29, 0.717) is 0 Å². The second-order valence-corrected chi connectivity index (χ2v) is 2.39. The van der Waals surface area contributed by atoms with Crippen molar-refractivity contribution in [2.75, 3.05) is 0 Å². The number of hydrogen-bond acceptors (Lipinski definition) is 0. The van der Waals surface area contributed by atoms with Crippen LogP contribution in [0.4, 0.5) is 0 Å². The van der Waals surface area contributed by atoms with Crippen LogP contribution in [-0.4, -0.2) is 0 Å². The number of rotatable bonds is 0. The summed E-state index contributed by atoms with van der Waals surface area (Å²) in [5.74, 6) is 0. The van der Waals surface area contributed by atoms with Crippen molar-refractivity contribution in [1.82, 2.24) is 0 Å². The monoisotopic (exact) mass is 207 g/mol. The van der Waals surface area contributed by atoms with Crippen molar-refractivity contribution in [3.05, 3.63) is 60.8 Å². The number of allylic oxidation sites excluding steroid dienone is 10. The van der Waals surface area contributed by atoms with Crippen LogP contribution >= 0.6 is 0 Å². The summed E-state index contributed by atoms with van der Waals surface area (Å²) in [6.45, 7) is 0. The molecule has 1 radical (unpaired) electrons. The van der Waals surface area contributed by atoms with Crippen molar-refractivity contribution in [1.29, 1.82) is 0 Å². The van der Waals surface area contributed by atoms with Gasteiger partial charge < -0.3 is 0 Å². The van der Waals surface area contributed by atoms with Gasteiger partial charge in [0.25, 0.3) is 0 Å². The first kappa shape index (κ1) is 12.3. The van der Waals surface area contributed by atoms with Gasteiger partial charge in [-0.3, -0.25) is 12.2 Å². The minimum absolute atomic E-state index is 0. The maximum absolute atomic E-state index is 3.05. The van der Waals surface area contributed by atoms with E-state index in [9.17, 15) is 0 Å². The second-order valence-electron chi connectivity index (χ2n) is 2.39. The van der Waals surface area contributed by atoms with Crippen molar-refractivity contribution < 1.29 is 18.6 Å². The molecule has 0 aromatic heterocycles. The standard InChI is InChI=1S/C7H7.C5H5.V/c1-2-4-6-7-5-3-1;1-2-4-5-3-1;/h1-5H,6H2;1-3H,4H2;/q2*-1;+2. The molecular formula is C12H12V. The van der Waals surface area contributed by atoms with Crippen molar-refractivity contribution >= 4 is 0 Å². The van der Waals surface area contributed by atoms with Crippen molar-refractivity contribution in [3.8, 4) is 0 Å². The Kier molecular flexibility index (Phi) is 8.86. The zero-order valence-electron chi connectivity index (χ0n) is 7.48. The quantitative estimate of drug-likeness (QED) is 0.535. The van der Waals surface area contributed by atoms with Gasteiger partial charge in [0.1, 0.15) is 0 Å². The Balaban J connectivity index is 0.000000215. The van der Waals surface area contributed by atoms with Crippen LogP contribution < -0.4 is 0 Å². The molecule has 1 heteroatoms. The van der Waals surface area contributed by atoms with Crippen LogP contribution in [0.5, 0.6) is 0 Å². The smallest absolute Gasteiger partial charge is 0.273 e. The first-order valence-electron chi connectivity index (χ1n) is 4.10. The van der Waals surface area contributed by atoms with Crippen molar-refractivity contribution in [3.63, 3.8) is 0 Å². The third-order valence-corrected chi connectivity index (χ3v) is 1.39. The molecule has 2 aliphatic rings. The molecule has 2 rings (SSSR count). The molecule has 0 saturated carbocycles. The van der Waals surface area contributed by atoms with E-state index in [-0.39, 0.29) is 18.6 Å². The van der Waals surface area contributed by atoms with Gasteiger partial charge in [0, 0.05) is 0 Å². The summed E-state index contributed by atoms with van der Waals surface area (Å²) in [6.07, 6.45) is 24.0. The summed E-state index contributed by atoms with van der Waals surface area (Å²) < 4.78 is 0. The summed E-state index contributed by atoms with van der Waals surface area (Å²) in [5, 5.41) is 0. The molecule has 0 bridgehead atoms. The largest absolute Gasteiger partial charge is 2.00 e. The van der Waals surface area contributed by atoms with Crippen molar-refractivity contribution in [2.45, 2.75) is 12.8 Å². The van der Waals surface area contributed by atoms with E-state index in [1.807, 2.05) is 36.5 Å². The first-order chi connectivity index (χ1) is 6.00. The number of hydrogen-bond donors (Lipinski definition) is 0. The Morgan fingerprint density at radius 2 is 1.31 bits per heavy atom. The average Bonchev–Trinajstić information content (AvgIpc) is 2.54. The van der Waals surface area contributed by atoms with E-state index >= 15 is 0 Å². The molecule has 0 unspecified atom stereocenters. The molecule has 0 amide bonds. The van der Waals surface area contributed by atoms with Crippen LogP contribution in [0.25, 0.3) is 0 Å². The zero-order chi connectivity index (χ0) is 8.49. The average molecular weight is 207 g/mol. The van der Waals surface area contributed by atoms with Crippen LogP contribution in [-0.2, 0) is 18.6 Å². The Morgan fingerprint density at radius 3 is 1.85 bits per heavy atom. The van der Waals surface area contributed by atoms with E-state index in [2.05, 4.69) is 24.3 Å². The molecule has 2 aliphatic carbocycles.